The van der Waals surface area contributed by atoms with Crippen molar-refractivity contribution in [3.05, 3.63) is 36.2 Å². The smallest absolute Gasteiger partial charge is 0.338 e. The molecule has 0 heterocycles. The number of rotatable bonds is 3. The lowest BCUT2D eigenvalue weighted by Crippen LogP contribution is -1.98. The van der Waals surface area contributed by atoms with Gasteiger partial charge in [-0.3, -0.25) is 0 Å². The molecule has 0 atom stereocenters. The lowest BCUT2D eigenvalue weighted by Gasteiger charge is -1.92. The van der Waals surface area contributed by atoms with Crippen molar-refractivity contribution in [3.8, 4) is 0 Å². The van der Waals surface area contributed by atoms with Crippen LogP contribution in [0.25, 0.3) is 0 Å². The van der Waals surface area contributed by atoms with E-state index < -0.39 is 17.4 Å². The Balaban J connectivity index is 0. The standard InChI is InChI=1S/C8H9FO2.C2H6/c1-3-5-7(9)6(4-2)8(10)11;1-2/h3-5H,2H2,1H3,(H,10,11);1-2H3/b5-3-,7-6-;. The Bertz CT molecular complexity index is 227. The summed E-state index contributed by atoms with van der Waals surface area (Å²) in [7, 11) is 0. The lowest BCUT2D eigenvalue weighted by atomic mass is 10.2. The summed E-state index contributed by atoms with van der Waals surface area (Å²) >= 11 is 0. The van der Waals surface area contributed by atoms with Crippen molar-refractivity contribution in [1.82, 2.24) is 0 Å². The Kier molecular flexibility index (Phi) is 9.49. The lowest BCUT2D eigenvalue weighted by molar-refractivity contribution is -0.132. The molecular formula is C10H15FO2. The molecule has 0 fully saturated rings. The highest BCUT2D eigenvalue weighted by Gasteiger charge is 2.07. The van der Waals surface area contributed by atoms with Crippen LogP contribution in [-0.4, -0.2) is 11.1 Å². The van der Waals surface area contributed by atoms with Gasteiger partial charge in [-0.1, -0.05) is 32.6 Å². The second kappa shape index (κ2) is 8.71. The number of carbonyl (C=O) groups is 1. The monoisotopic (exact) mass is 186 g/mol. The van der Waals surface area contributed by atoms with Gasteiger partial charge in [0.15, 0.2) is 0 Å². The molecule has 0 rings (SSSR count). The third kappa shape index (κ3) is 5.84. The van der Waals surface area contributed by atoms with Crippen LogP contribution in [0.15, 0.2) is 36.2 Å². The van der Waals surface area contributed by atoms with Crippen LogP contribution in [-0.2, 0) is 4.79 Å². The van der Waals surface area contributed by atoms with Gasteiger partial charge in [-0.15, -0.1) is 0 Å². The molecule has 0 spiro atoms. The van der Waals surface area contributed by atoms with E-state index in [1.165, 1.54) is 6.08 Å². The first kappa shape index (κ1) is 14.2. The molecule has 0 amide bonds. The number of halogens is 1. The second-order valence-electron chi connectivity index (χ2n) is 1.77. The average Bonchev–Trinajstić information content (AvgIpc) is 2.09. The van der Waals surface area contributed by atoms with Gasteiger partial charge in [0.1, 0.15) is 5.83 Å². The fourth-order valence-corrected chi connectivity index (χ4v) is 0.523. The van der Waals surface area contributed by atoms with Crippen molar-refractivity contribution in [1.29, 1.82) is 0 Å². The van der Waals surface area contributed by atoms with Gasteiger partial charge in [0.05, 0.1) is 5.57 Å². The molecule has 2 nitrogen and oxygen atoms in total. The molecule has 1 N–H and O–H groups in total. The fourth-order valence-electron chi connectivity index (χ4n) is 0.523. The molecule has 0 saturated carbocycles. The number of aliphatic carboxylic acids is 1. The largest absolute Gasteiger partial charge is 0.478 e. The Hall–Kier alpha value is -1.38. The summed E-state index contributed by atoms with van der Waals surface area (Å²) in [6.07, 6.45) is 3.46. The summed E-state index contributed by atoms with van der Waals surface area (Å²) in [6, 6.07) is 0. The van der Waals surface area contributed by atoms with Crippen LogP contribution in [0.3, 0.4) is 0 Å². The maximum absolute atomic E-state index is 12.7. The second-order valence-corrected chi connectivity index (χ2v) is 1.77. The van der Waals surface area contributed by atoms with Gasteiger partial charge in [0.2, 0.25) is 0 Å². The normalized spacial score (nSPS) is 11.4. The van der Waals surface area contributed by atoms with E-state index in [-0.39, 0.29) is 0 Å². The highest BCUT2D eigenvalue weighted by molar-refractivity contribution is 5.90. The maximum atomic E-state index is 12.7. The van der Waals surface area contributed by atoms with E-state index in [9.17, 15) is 9.18 Å². The van der Waals surface area contributed by atoms with Gasteiger partial charge < -0.3 is 5.11 Å². The first-order chi connectivity index (χ1) is 6.13. The first-order valence-corrected chi connectivity index (χ1v) is 4.01. The highest BCUT2D eigenvalue weighted by atomic mass is 19.1. The van der Waals surface area contributed by atoms with Gasteiger partial charge in [-0.25, -0.2) is 9.18 Å². The number of allylic oxidation sites excluding steroid dienone is 3. The molecule has 0 aromatic heterocycles. The first-order valence-electron chi connectivity index (χ1n) is 4.01. The van der Waals surface area contributed by atoms with E-state index in [4.69, 9.17) is 5.11 Å². The summed E-state index contributed by atoms with van der Waals surface area (Å²) in [5.74, 6) is -2.09. The topological polar surface area (TPSA) is 37.3 Å². The van der Waals surface area contributed by atoms with Gasteiger partial charge in [0.25, 0.3) is 0 Å². The van der Waals surface area contributed by atoms with Gasteiger partial charge in [-0.2, -0.15) is 0 Å². The van der Waals surface area contributed by atoms with Crippen LogP contribution in [0.1, 0.15) is 20.8 Å². The molecule has 0 saturated heterocycles. The minimum absolute atomic E-state index is 0.414. The molecule has 3 heteroatoms. The maximum Gasteiger partial charge on any atom is 0.338 e. The van der Waals surface area contributed by atoms with E-state index in [1.807, 2.05) is 13.8 Å². The zero-order chi connectivity index (χ0) is 10.9. The van der Waals surface area contributed by atoms with Crippen molar-refractivity contribution in [2.75, 3.05) is 0 Å². The van der Waals surface area contributed by atoms with Gasteiger partial charge in [0, 0.05) is 0 Å². The predicted octanol–water partition coefficient (Wildman–Crippen LogP) is 3.08. The minimum Gasteiger partial charge on any atom is -0.478 e. The predicted molar refractivity (Wildman–Crippen MR) is 52.1 cm³/mol. The van der Waals surface area contributed by atoms with Crippen LogP contribution in [0.2, 0.25) is 0 Å². The summed E-state index contributed by atoms with van der Waals surface area (Å²) in [4.78, 5) is 10.2. The zero-order valence-electron chi connectivity index (χ0n) is 8.17. The molecule has 0 aromatic carbocycles. The molecule has 13 heavy (non-hydrogen) atoms. The van der Waals surface area contributed by atoms with E-state index in [0.29, 0.717) is 0 Å². The SMILES string of the molecule is C=C/C(C(=O)O)=C(F)\C=C/C.CC. The summed E-state index contributed by atoms with van der Waals surface area (Å²) in [6.45, 7) is 8.77. The Morgan fingerprint density at radius 1 is 1.46 bits per heavy atom. The fraction of sp³-hybridized carbons (Fsp3) is 0.300. The van der Waals surface area contributed by atoms with Crippen molar-refractivity contribution in [2.24, 2.45) is 0 Å². The summed E-state index contributed by atoms with van der Waals surface area (Å²) in [5.41, 5.74) is -0.414. The average molecular weight is 186 g/mol. The van der Waals surface area contributed by atoms with Crippen LogP contribution < -0.4 is 0 Å². The van der Waals surface area contributed by atoms with Crippen LogP contribution in [0.4, 0.5) is 4.39 Å². The third-order valence-corrected chi connectivity index (χ3v) is 1.00. The van der Waals surface area contributed by atoms with Gasteiger partial charge >= 0.3 is 5.97 Å². The van der Waals surface area contributed by atoms with Crippen molar-refractivity contribution in [2.45, 2.75) is 20.8 Å². The Morgan fingerprint density at radius 2 is 1.92 bits per heavy atom. The molecule has 0 radical (unpaired) electrons. The number of carboxylic acid groups (broad SMARTS) is 1. The number of hydrogen-bond donors (Lipinski definition) is 1. The molecule has 0 unspecified atom stereocenters. The van der Waals surface area contributed by atoms with E-state index in [0.717, 1.165) is 12.2 Å². The third-order valence-electron chi connectivity index (χ3n) is 1.00. The Labute approximate surface area is 78.1 Å². The van der Waals surface area contributed by atoms with Crippen molar-refractivity contribution in [3.63, 3.8) is 0 Å². The molecule has 0 aliphatic heterocycles. The van der Waals surface area contributed by atoms with Crippen molar-refractivity contribution < 1.29 is 14.3 Å². The molecule has 0 aromatic rings. The molecule has 74 valence electrons. The van der Waals surface area contributed by atoms with Crippen LogP contribution in [0, 0.1) is 0 Å². The molecular weight excluding hydrogens is 171 g/mol. The summed E-state index contributed by atoms with van der Waals surface area (Å²) < 4.78 is 12.7. The Morgan fingerprint density at radius 3 is 2.15 bits per heavy atom. The van der Waals surface area contributed by atoms with Crippen molar-refractivity contribution >= 4 is 5.97 Å². The summed E-state index contributed by atoms with van der Waals surface area (Å²) in [5, 5.41) is 8.37. The van der Waals surface area contributed by atoms with Gasteiger partial charge in [-0.05, 0) is 13.0 Å². The molecule has 0 aliphatic carbocycles. The number of hydrogen-bond acceptors (Lipinski definition) is 1. The van der Waals surface area contributed by atoms with Crippen LogP contribution >= 0.6 is 0 Å². The van der Waals surface area contributed by atoms with Crippen LogP contribution in [0.5, 0.6) is 0 Å². The zero-order valence-corrected chi connectivity index (χ0v) is 8.17. The molecule has 0 aliphatic rings. The van der Waals surface area contributed by atoms with E-state index in [2.05, 4.69) is 6.58 Å². The van der Waals surface area contributed by atoms with E-state index in [1.54, 1.807) is 6.92 Å². The molecule has 0 bridgehead atoms. The quantitative estimate of drug-likeness (QED) is 0.543. The minimum atomic E-state index is -1.31. The number of carboxylic acids is 1. The van der Waals surface area contributed by atoms with E-state index >= 15 is 0 Å². The highest BCUT2D eigenvalue weighted by Crippen LogP contribution is 2.08.